The summed E-state index contributed by atoms with van der Waals surface area (Å²) in [5.74, 6) is 1.64. The SMILES string of the molecule is CCN1C(=O)COc2ccc(-c3noc(-c4ccc(C)s4)n3)cc21. The minimum atomic E-state index is -0.0509. The number of aryl methyl sites for hydroxylation is 1. The molecular weight excluding hydrogens is 326 g/mol. The Balaban J connectivity index is 1.72. The molecule has 6 nitrogen and oxygen atoms in total. The number of amides is 1. The molecule has 24 heavy (non-hydrogen) atoms. The Morgan fingerprint density at radius 3 is 2.92 bits per heavy atom. The van der Waals surface area contributed by atoms with Crippen LogP contribution in [0, 0.1) is 6.92 Å². The summed E-state index contributed by atoms with van der Waals surface area (Å²) in [5.41, 5.74) is 1.53. The van der Waals surface area contributed by atoms with E-state index < -0.39 is 0 Å². The molecule has 0 saturated heterocycles. The topological polar surface area (TPSA) is 68.5 Å². The van der Waals surface area contributed by atoms with Crippen molar-refractivity contribution in [3.05, 3.63) is 35.2 Å². The molecule has 0 N–H and O–H groups in total. The standard InChI is InChI=1S/C17H15N3O3S/c1-3-20-12-8-11(5-6-13(12)22-9-15(20)21)16-18-17(23-19-16)14-7-4-10(2)24-14/h4-8H,3,9H2,1-2H3. The Labute approximate surface area is 142 Å². The maximum atomic E-state index is 12.0. The normalized spacial score (nSPS) is 13.8. The highest BCUT2D eigenvalue weighted by molar-refractivity contribution is 7.15. The van der Waals surface area contributed by atoms with E-state index in [-0.39, 0.29) is 12.5 Å². The highest BCUT2D eigenvalue weighted by atomic mass is 32.1. The minimum absolute atomic E-state index is 0.0509. The summed E-state index contributed by atoms with van der Waals surface area (Å²) in [6, 6.07) is 9.56. The fraction of sp³-hybridized carbons (Fsp3) is 0.235. The van der Waals surface area contributed by atoms with E-state index in [1.807, 2.05) is 44.2 Å². The second-order valence-electron chi connectivity index (χ2n) is 5.44. The van der Waals surface area contributed by atoms with E-state index in [0.29, 0.717) is 24.0 Å². The lowest BCUT2D eigenvalue weighted by Crippen LogP contribution is -2.38. The third-order valence-electron chi connectivity index (χ3n) is 3.85. The van der Waals surface area contributed by atoms with E-state index in [0.717, 1.165) is 16.1 Å². The number of carbonyl (C=O) groups is 1. The van der Waals surface area contributed by atoms with Gasteiger partial charge in [0, 0.05) is 17.0 Å². The second kappa shape index (κ2) is 5.76. The molecule has 3 heterocycles. The summed E-state index contributed by atoms with van der Waals surface area (Å²) in [6.07, 6.45) is 0. The molecule has 0 atom stereocenters. The molecule has 1 amide bonds. The molecule has 0 radical (unpaired) electrons. The fourth-order valence-corrected chi connectivity index (χ4v) is 3.47. The first-order valence-corrected chi connectivity index (χ1v) is 8.45. The molecule has 0 fully saturated rings. The Bertz CT molecular complexity index is 915. The number of benzene rings is 1. The number of aromatic nitrogens is 2. The molecule has 122 valence electrons. The van der Waals surface area contributed by atoms with Crippen molar-refractivity contribution in [2.75, 3.05) is 18.1 Å². The van der Waals surface area contributed by atoms with Crippen molar-refractivity contribution >= 4 is 22.9 Å². The summed E-state index contributed by atoms with van der Waals surface area (Å²) in [5, 5.41) is 4.07. The first kappa shape index (κ1) is 14.9. The van der Waals surface area contributed by atoms with E-state index >= 15 is 0 Å². The number of likely N-dealkylation sites (N-methyl/N-ethyl adjacent to an activating group) is 1. The lowest BCUT2D eigenvalue weighted by Gasteiger charge is -2.28. The number of anilines is 1. The van der Waals surface area contributed by atoms with Crippen LogP contribution in [0.4, 0.5) is 5.69 Å². The Kier molecular flexibility index (Phi) is 3.57. The quantitative estimate of drug-likeness (QED) is 0.729. The Morgan fingerprint density at radius 1 is 1.29 bits per heavy atom. The van der Waals surface area contributed by atoms with E-state index in [4.69, 9.17) is 9.26 Å². The molecule has 1 aliphatic heterocycles. The lowest BCUT2D eigenvalue weighted by molar-refractivity contribution is -0.121. The van der Waals surface area contributed by atoms with Crippen LogP contribution in [0.3, 0.4) is 0 Å². The van der Waals surface area contributed by atoms with Crippen molar-refractivity contribution in [2.24, 2.45) is 0 Å². The number of carbonyl (C=O) groups excluding carboxylic acids is 1. The van der Waals surface area contributed by atoms with E-state index in [2.05, 4.69) is 10.1 Å². The van der Waals surface area contributed by atoms with Gasteiger partial charge in [-0.15, -0.1) is 11.3 Å². The largest absolute Gasteiger partial charge is 0.482 e. The van der Waals surface area contributed by atoms with Gasteiger partial charge in [0.05, 0.1) is 10.6 Å². The summed E-state index contributed by atoms with van der Waals surface area (Å²) >= 11 is 1.61. The summed E-state index contributed by atoms with van der Waals surface area (Å²) in [4.78, 5) is 20.3. The van der Waals surface area contributed by atoms with Crippen LogP contribution in [0.1, 0.15) is 11.8 Å². The maximum absolute atomic E-state index is 12.0. The number of rotatable bonds is 3. The summed E-state index contributed by atoms with van der Waals surface area (Å²) < 4.78 is 10.9. The highest BCUT2D eigenvalue weighted by Gasteiger charge is 2.25. The zero-order valence-corrected chi connectivity index (χ0v) is 14.1. The molecule has 0 bridgehead atoms. The number of hydrogen-bond acceptors (Lipinski definition) is 6. The third kappa shape index (κ3) is 2.46. The molecular formula is C17H15N3O3S. The molecule has 0 saturated carbocycles. The van der Waals surface area contributed by atoms with Gasteiger partial charge >= 0.3 is 0 Å². The number of hydrogen-bond donors (Lipinski definition) is 0. The monoisotopic (exact) mass is 341 g/mol. The van der Waals surface area contributed by atoms with Crippen LogP contribution in [0.2, 0.25) is 0 Å². The first-order valence-electron chi connectivity index (χ1n) is 7.64. The predicted molar refractivity (Wildman–Crippen MR) is 91.3 cm³/mol. The molecule has 3 aromatic rings. The molecule has 7 heteroatoms. The van der Waals surface area contributed by atoms with Crippen LogP contribution >= 0.6 is 11.3 Å². The summed E-state index contributed by atoms with van der Waals surface area (Å²) in [6.45, 7) is 4.63. The first-order chi connectivity index (χ1) is 11.7. The average Bonchev–Trinajstić information content (AvgIpc) is 3.23. The van der Waals surface area contributed by atoms with Crippen molar-refractivity contribution in [1.82, 2.24) is 10.1 Å². The van der Waals surface area contributed by atoms with Crippen molar-refractivity contribution in [2.45, 2.75) is 13.8 Å². The van der Waals surface area contributed by atoms with Gasteiger partial charge in [0.2, 0.25) is 5.82 Å². The van der Waals surface area contributed by atoms with Gasteiger partial charge in [-0.25, -0.2) is 0 Å². The van der Waals surface area contributed by atoms with Crippen LogP contribution < -0.4 is 9.64 Å². The number of ether oxygens (including phenoxy) is 1. The molecule has 1 aromatic carbocycles. The fourth-order valence-electron chi connectivity index (χ4n) is 2.68. The van der Waals surface area contributed by atoms with E-state index in [1.165, 1.54) is 4.88 Å². The molecule has 4 rings (SSSR count). The van der Waals surface area contributed by atoms with Crippen LogP contribution in [0.25, 0.3) is 22.2 Å². The van der Waals surface area contributed by atoms with Crippen LogP contribution in [-0.2, 0) is 4.79 Å². The van der Waals surface area contributed by atoms with E-state index in [9.17, 15) is 4.79 Å². The number of nitrogens with zero attached hydrogens (tertiary/aromatic N) is 3. The average molecular weight is 341 g/mol. The van der Waals surface area contributed by atoms with Gasteiger partial charge < -0.3 is 14.2 Å². The maximum Gasteiger partial charge on any atom is 0.268 e. The number of fused-ring (bicyclic) bond motifs is 1. The predicted octanol–water partition coefficient (Wildman–Crippen LogP) is 3.52. The highest BCUT2D eigenvalue weighted by Crippen LogP contribution is 2.36. The van der Waals surface area contributed by atoms with Crippen LogP contribution in [0.15, 0.2) is 34.9 Å². The minimum Gasteiger partial charge on any atom is -0.482 e. The smallest absolute Gasteiger partial charge is 0.268 e. The van der Waals surface area contributed by atoms with Crippen LogP contribution in [-0.4, -0.2) is 29.2 Å². The number of thiophene rings is 1. The molecule has 1 aliphatic rings. The van der Waals surface area contributed by atoms with Crippen LogP contribution in [0.5, 0.6) is 5.75 Å². The zero-order chi connectivity index (χ0) is 16.7. The van der Waals surface area contributed by atoms with Gasteiger partial charge in [-0.1, -0.05) is 5.16 Å². The molecule has 0 spiro atoms. The van der Waals surface area contributed by atoms with E-state index in [1.54, 1.807) is 16.2 Å². The molecule has 2 aromatic heterocycles. The zero-order valence-electron chi connectivity index (χ0n) is 13.3. The van der Waals surface area contributed by atoms with Gasteiger partial charge in [-0.3, -0.25) is 4.79 Å². The molecule has 0 aliphatic carbocycles. The Hall–Kier alpha value is -2.67. The van der Waals surface area contributed by atoms with Crippen molar-refractivity contribution in [1.29, 1.82) is 0 Å². The Morgan fingerprint density at radius 2 is 2.17 bits per heavy atom. The van der Waals surface area contributed by atoms with Gasteiger partial charge in [0.25, 0.3) is 11.8 Å². The molecule has 0 unspecified atom stereocenters. The van der Waals surface area contributed by atoms with Crippen molar-refractivity contribution in [3.8, 4) is 27.9 Å². The van der Waals surface area contributed by atoms with Crippen molar-refractivity contribution < 1.29 is 14.1 Å². The van der Waals surface area contributed by atoms with Gasteiger partial charge in [-0.2, -0.15) is 4.98 Å². The second-order valence-corrected chi connectivity index (χ2v) is 6.73. The third-order valence-corrected chi connectivity index (χ3v) is 4.84. The van der Waals surface area contributed by atoms with Gasteiger partial charge in [0.1, 0.15) is 5.75 Å². The van der Waals surface area contributed by atoms with Crippen molar-refractivity contribution in [3.63, 3.8) is 0 Å². The van der Waals surface area contributed by atoms with Gasteiger partial charge in [-0.05, 0) is 44.2 Å². The summed E-state index contributed by atoms with van der Waals surface area (Å²) in [7, 11) is 0. The van der Waals surface area contributed by atoms with Gasteiger partial charge in [0.15, 0.2) is 6.61 Å². The lowest BCUT2D eigenvalue weighted by atomic mass is 10.1.